The molecule has 0 aromatic carbocycles. The summed E-state index contributed by atoms with van der Waals surface area (Å²) >= 11 is 7.16. The molecule has 0 spiro atoms. The highest BCUT2D eigenvalue weighted by Gasteiger charge is 2.13. The number of hydrogen-bond donors (Lipinski definition) is 1. The number of aromatic amines is 1. The lowest BCUT2D eigenvalue weighted by atomic mass is 10.3. The molecule has 1 N–H and O–H groups in total. The van der Waals surface area contributed by atoms with Crippen molar-refractivity contribution in [1.29, 1.82) is 0 Å². The number of nitrogens with one attached hydrogen (secondary N) is 1. The fourth-order valence-electron chi connectivity index (χ4n) is 0.655. The molecule has 6 heteroatoms. The minimum absolute atomic E-state index is 0.117. The molecule has 0 atom stereocenters. The van der Waals surface area contributed by atoms with Crippen LogP contribution in [-0.2, 0) is 0 Å². The van der Waals surface area contributed by atoms with Crippen LogP contribution in [0.4, 0.5) is 8.78 Å². The van der Waals surface area contributed by atoms with Gasteiger partial charge >= 0.3 is 0 Å². The Morgan fingerprint density at radius 3 is 2.67 bits per heavy atom. The van der Waals surface area contributed by atoms with E-state index in [1.807, 2.05) is 4.98 Å². The molecule has 0 saturated heterocycles. The van der Waals surface area contributed by atoms with E-state index in [0.29, 0.717) is 3.57 Å². The minimum atomic E-state index is -2.75. The second-order valence-corrected chi connectivity index (χ2v) is 3.58. The summed E-state index contributed by atoms with van der Waals surface area (Å²) in [6, 6.07) is 1.21. The molecule has 0 saturated carbocycles. The second-order valence-electron chi connectivity index (χ2n) is 2.01. The van der Waals surface area contributed by atoms with E-state index < -0.39 is 17.7 Å². The molecule has 0 aliphatic rings. The number of H-pyrrole nitrogens is 1. The first-order valence-corrected chi connectivity index (χ1v) is 4.34. The Labute approximate surface area is 85.1 Å². The van der Waals surface area contributed by atoms with Gasteiger partial charge in [-0.25, -0.2) is 8.78 Å². The molecule has 1 rings (SSSR count). The number of hydrogen-bond acceptors (Lipinski definition) is 1. The number of rotatable bonds is 1. The SMILES string of the molecule is O=c1[nH]c(C(F)F)c(Cl)cc1I. The number of halogens is 4. The Morgan fingerprint density at radius 1 is 1.58 bits per heavy atom. The Kier molecular flexibility index (Phi) is 3.05. The van der Waals surface area contributed by atoms with E-state index >= 15 is 0 Å². The summed E-state index contributed by atoms with van der Waals surface area (Å²) in [5.41, 5.74) is -1.07. The zero-order valence-electron chi connectivity index (χ0n) is 5.57. The highest BCUT2D eigenvalue weighted by atomic mass is 127. The summed E-state index contributed by atoms with van der Waals surface area (Å²) in [5, 5.41) is -0.117. The van der Waals surface area contributed by atoms with Crippen LogP contribution in [0, 0.1) is 3.57 Å². The molecule has 1 aromatic rings. The lowest BCUT2D eigenvalue weighted by molar-refractivity contribution is 0.146. The van der Waals surface area contributed by atoms with Crippen LogP contribution >= 0.6 is 34.2 Å². The highest BCUT2D eigenvalue weighted by Crippen LogP contribution is 2.23. The van der Waals surface area contributed by atoms with Crippen LogP contribution in [0.2, 0.25) is 5.02 Å². The van der Waals surface area contributed by atoms with Crippen LogP contribution in [0.5, 0.6) is 0 Å². The maximum Gasteiger partial charge on any atom is 0.279 e. The van der Waals surface area contributed by atoms with Gasteiger partial charge in [-0.1, -0.05) is 11.6 Å². The third-order valence-electron chi connectivity index (χ3n) is 1.19. The average Bonchev–Trinajstić information content (AvgIpc) is 1.96. The standard InChI is InChI=1S/C6H3ClF2INO/c7-2-1-3(10)6(12)11-4(2)5(8)9/h1,5H,(H,11,12). The smallest absolute Gasteiger partial charge is 0.279 e. The van der Waals surface area contributed by atoms with Gasteiger partial charge in [-0.2, -0.15) is 0 Å². The van der Waals surface area contributed by atoms with Gasteiger partial charge in [0.05, 0.1) is 8.59 Å². The average molecular weight is 305 g/mol. The van der Waals surface area contributed by atoms with Gasteiger partial charge in [-0.3, -0.25) is 4.79 Å². The largest absolute Gasteiger partial charge is 0.319 e. The van der Waals surface area contributed by atoms with Gasteiger partial charge in [0.15, 0.2) is 0 Å². The third-order valence-corrected chi connectivity index (χ3v) is 2.31. The summed E-state index contributed by atoms with van der Waals surface area (Å²) in [6.45, 7) is 0. The fourth-order valence-corrected chi connectivity index (χ4v) is 1.52. The second kappa shape index (κ2) is 3.69. The topological polar surface area (TPSA) is 32.9 Å². The summed E-state index contributed by atoms with van der Waals surface area (Å²) in [4.78, 5) is 12.8. The molecule has 0 unspecified atom stereocenters. The maximum atomic E-state index is 12.1. The van der Waals surface area contributed by atoms with Crippen molar-refractivity contribution in [3.05, 3.63) is 30.7 Å². The molecule has 2 nitrogen and oxygen atoms in total. The van der Waals surface area contributed by atoms with Gasteiger partial charge in [-0.15, -0.1) is 0 Å². The predicted octanol–water partition coefficient (Wildman–Crippen LogP) is 2.57. The van der Waals surface area contributed by atoms with Gasteiger partial charge in [0.2, 0.25) is 0 Å². The lowest BCUT2D eigenvalue weighted by Gasteiger charge is -2.01. The van der Waals surface area contributed by atoms with Crippen molar-refractivity contribution in [2.24, 2.45) is 0 Å². The highest BCUT2D eigenvalue weighted by molar-refractivity contribution is 14.1. The molecule has 0 amide bonds. The summed E-state index contributed by atoms with van der Waals surface area (Å²) in [5.74, 6) is 0. The van der Waals surface area contributed by atoms with Crippen LogP contribution < -0.4 is 5.56 Å². The monoisotopic (exact) mass is 305 g/mol. The van der Waals surface area contributed by atoms with E-state index in [1.165, 1.54) is 6.07 Å². The summed E-state index contributed by atoms with van der Waals surface area (Å²) in [7, 11) is 0. The Morgan fingerprint density at radius 2 is 2.17 bits per heavy atom. The van der Waals surface area contributed by atoms with E-state index in [0.717, 1.165) is 0 Å². The van der Waals surface area contributed by atoms with Crippen molar-refractivity contribution >= 4 is 34.2 Å². The molecule has 0 bridgehead atoms. The summed E-state index contributed by atoms with van der Waals surface area (Å²) < 4.78 is 24.5. The van der Waals surface area contributed by atoms with Crippen molar-refractivity contribution in [3.8, 4) is 0 Å². The Bertz CT molecular complexity index is 352. The van der Waals surface area contributed by atoms with E-state index in [2.05, 4.69) is 0 Å². The maximum absolute atomic E-state index is 12.1. The van der Waals surface area contributed by atoms with E-state index in [-0.39, 0.29) is 5.02 Å². The van der Waals surface area contributed by atoms with Gasteiger partial charge < -0.3 is 4.98 Å². The predicted molar refractivity (Wildman–Crippen MR) is 49.7 cm³/mol. The molecule has 1 heterocycles. The zero-order chi connectivity index (χ0) is 9.30. The van der Waals surface area contributed by atoms with Gasteiger partial charge in [-0.05, 0) is 28.7 Å². The third kappa shape index (κ3) is 1.95. The van der Waals surface area contributed by atoms with E-state index in [9.17, 15) is 13.6 Å². The fraction of sp³-hybridized carbons (Fsp3) is 0.167. The van der Waals surface area contributed by atoms with Crippen LogP contribution in [0.3, 0.4) is 0 Å². The molecule has 0 aliphatic carbocycles. The number of alkyl halides is 2. The molecule has 66 valence electrons. The molecular weight excluding hydrogens is 302 g/mol. The van der Waals surface area contributed by atoms with Crippen LogP contribution in [0.25, 0.3) is 0 Å². The first-order valence-electron chi connectivity index (χ1n) is 2.88. The van der Waals surface area contributed by atoms with Crippen LogP contribution in [-0.4, -0.2) is 4.98 Å². The van der Waals surface area contributed by atoms with Gasteiger partial charge in [0.1, 0.15) is 5.69 Å². The minimum Gasteiger partial charge on any atom is -0.319 e. The van der Waals surface area contributed by atoms with Crippen LogP contribution in [0.15, 0.2) is 10.9 Å². The van der Waals surface area contributed by atoms with Crippen molar-refractivity contribution in [2.75, 3.05) is 0 Å². The first kappa shape index (κ1) is 9.91. The Balaban J connectivity index is 3.33. The normalized spacial score (nSPS) is 10.8. The molecule has 12 heavy (non-hydrogen) atoms. The van der Waals surface area contributed by atoms with Crippen molar-refractivity contribution in [1.82, 2.24) is 4.98 Å². The zero-order valence-corrected chi connectivity index (χ0v) is 8.49. The van der Waals surface area contributed by atoms with Crippen LogP contribution in [0.1, 0.15) is 12.1 Å². The molecular formula is C6H3ClF2INO. The first-order chi connectivity index (χ1) is 5.52. The van der Waals surface area contributed by atoms with Crippen molar-refractivity contribution < 1.29 is 8.78 Å². The van der Waals surface area contributed by atoms with Gasteiger partial charge in [0, 0.05) is 0 Å². The van der Waals surface area contributed by atoms with E-state index in [1.54, 1.807) is 22.6 Å². The van der Waals surface area contributed by atoms with E-state index in [4.69, 9.17) is 11.6 Å². The number of aromatic nitrogens is 1. The molecule has 0 radical (unpaired) electrons. The quantitative estimate of drug-likeness (QED) is 0.795. The van der Waals surface area contributed by atoms with Gasteiger partial charge in [0.25, 0.3) is 12.0 Å². The molecule has 1 aromatic heterocycles. The van der Waals surface area contributed by atoms with Crippen molar-refractivity contribution in [3.63, 3.8) is 0 Å². The number of pyridine rings is 1. The Hall–Kier alpha value is -0.170. The molecule has 0 fully saturated rings. The summed E-state index contributed by atoms with van der Waals surface area (Å²) in [6.07, 6.45) is -2.75. The van der Waals surface area contributed by atoms with Crippen molar-refractivity contribution in [2.45, 2.75) is 6.43 Å². The molecule has 0 aliphatic heterocycles. The lowest BCUT2D eigenvalue weighted by Crippen LogP contribution is -2.12.